The van der Waals surface area contributed by atoms with Gasteiger partial charge in [0.05, 0.1) is 0 Å². The molecule has 0 aliphatic heterocycles. The van der Waals surface area contributed by atoms with Crippen LogP contribution in [0.2, 0.25) is 0 Å². The summed E-state index contributed by atoms with van der Waals surface area (Å²) in [6, 6.07) is 8.71. The molecule has 2 N–H and O–H groups in total. The molecule has 1 aromatic carbocycles. The SMILES string of the molecule is CC(C)(C)c1ccccc1NC(=O)CCNC1CC1. The predicted molar refractivity (Wildman–Crippen MR) is 79.4 cm³/mol. The number of benzene rings is 1. The van der Waals surface area contributed by atoms with Gasteiger partial charge in [-0.1, -0.05) is 39.0 Å². The summed E-state index contributed by atoms with van der Waals surface area (Å²) in [5, 5.41) is 6.39. The number of amides is 1. The van der Waals surface area contributed by atoms with E-state index in [1.807, 2.05) is 18.2 Å². The van der Waals surface area contributed by atoms with Crippen LogP contribution >= 0.6 is 0 Å². The van der Waals surface area contributed by atoms with Crippen LogP contribution in [-0.4, -0.2) is 18.5 Å². The first-order valence-electron chi connectivity index (χ1n) is 7.09. The predicted octanol–water partition coefficient (Wildman–Crippen LogP) is 3.06. The van der Waals surface area contributed by atoms with Gasteiger partial charge in [0.2, 0.25) is 5.91 Å². The van der Waals surface area contributed by atoms with Crippen LogP contribution in [0.15, 0.2) is 24.3 Å². The molecule has 1 fully saturated rings. The number of para-hydroxylation sites is 1. The van der Waals surface area contributed by atoms with Gasteiger partial charge in [-0.05, 0) is 29.9 Å². The molecule has 0 radical (unpaired) electrons. The van der Waals surface area contributed by atoms with Crippen molar-refractivity contribution < 1.29 is 4.79 Å². The molecule has 0 unspecified atom stereocenters. The molecule has 1 aliphatic carbocycles. The van der Waals surface area contributed by atoms with Crippen molar-refractivity contribution >= 4 is 11.6 Å². The van der Waals surface area contributed by atoms with E-state index in [4.69, 9.17) is 0 Å². The molecule has 0 atom stereocenters. The van der Waals surface area contributed by atoms with Crippen LogP contribution in [0.5, 0.6) is 0 Å². The van der Waals surface area contributed by atoms with E-state index in [1.54, 1.807) is 0 Å². The van der Waals surface area contributed by atoms with Gasteiger partial charge in [0, 0.05) is 24.7 Å². The van der Waals surface area contributed by atoms with E-state index in [0.29, 0.717) is 12.5 Å². The lowest BCUT2D eigenvalue weighted by Crippen LogP contribution is -2.24. The van der Waals surface area contributed by atoms with Crippen LogP contribution in [0, 0.1) is 0 Å². The van der Waals surface area contributed by atoms with Crippen molar-refractivity contribution in [3.63, 3.8) is 0 Å². The van der Waals surface area contributed by atoms with Crippen LogP contribution in [0.4, 0.5) is 5.69 Å². The molecule has 0 heterocycles. The molecule has 0 spiro atoms. The summed E-state index contributed by atoms with van der Waals surface area (Å²) in [5.74, 6) is 0.0878. The van der Waals surface area contributed by atoms with Crippen molar-refractivity contribution in [1.82, 2.24) is 5.32 Å². The molecule has 0 aromatic heterocycles. The zero-order valence-electron chi connectivity index (χ0n) is 12.1. The molecule has 19 heavy (non-hydrogen) atoms. The van der Waals surface area contributed by atoms with Crippen LogP contribution < -0.4 is 10.6 Å². The fourth-order valence-corrected chi connectivity index (χ4v) is 2.14. The van der Waals surface area contributed by atoms with Gasteiger partial charge in [0.15, 0.2) is 0 Å². The monoisotopic (exact) mass is 260 g/mol. The molecular formula is C16H24N2O. The lowest BCUT2D eigenvalue weighted by molar-refractivity contribution is -0.116. The Bertz CT molecular complexity index is 444. The number of hydrogen-bond acceptors (Lipinski definition) is 2. The maximum absolute atomic E-state index is 11.9. The summed E-state index contributed by atoms with van der Waals surface area (Å²) in [5.41, 5.74) is 2.15. The Labute approximate surface area is 115 Å². The molecule has 0 bridgehead atoms. The van der Waals surface area contributed by atoms with Gasteiger partial charge < -0.3 is 10.6 Å². The third kappa shape index (κ3) is 4.35. The van der Waals surface area contributed by atoms with Crippen LogP contribution in [-0.2, 0) is 10.2 Å². The highest BCUT2D eigenvalue weighted by molar-refractivity contribution is 5.91. The first-order valence-corrected chi connectivity index (χ1v) is 7.09. The van der Waals surface area contributed by atoms with Crippen molar-refractivity contribution in [3.8, 4) is 0 Å². The Kier molecular flexibility index (Phi) is 4.25. The second kappa shape index (κ2) is 5.74. The van der Waals surface area contributed by atoms with E-state index in [9.17, 15) is 4.79 Å². The number of rotatable bonds is 5. The molecule has 1 amide bonds. The molecule has 2 rings (SSSR count). The van der Waals surface area contributed by atoms with Crippen LogP contribution in [0.1, 0.15) is 45.6 Å². The van der Waals surface area contributed by atoms with E-state index in [-0.39, 0.29) is 11.3 Å². The number of carbonyl (C=O) groups is 1. The number of anilines is 1. The van der Waals surface area contributed by atoms with Crippen molar-refractivity contribution in [2.75, 3.05) is 11.9 Å². The first kappa shape index (κ1) is 14.1. The Morgan fingerprint density at radius 2 is 1.95 bits per heavy atom. The Balaban J connectivity index is 1.91. The minimum atomic E-state index is 0.0378. The van der Waals surface area contributed by atoms with Crippen molar-refractivity contribution in [1.29, 1.82) is 0 Å². The highest BCUT2D eigenvalue weighted by Crippen LogP contribution is 2.29. The summed E-state index contributed by atoms with van der Waals surface area (Å²) in [6.07, 6.45) is 3.05. The fourth-order valence-electron chi connectivity index (χ4n) is 2.14. The molecule has 1 aromatic rings. The van der Waals surface area contributed by atoms with Gasteiger partial charge in [0.25, 0.3) is 0 Å². The van der Waals surface area contributed by atoms with E-state index in [1.165, 1.54) is 18.4 Å². The highest BCUT2D eigenvalue weighted by Gasteiger charge is 2.21. The summed E-state index contributed by atoms with van der Waals surface area (Å²) >= 11 is 0. The molecule has 1 aliphatic rings. The minimum Gasteiger partial charge on any atom is -0.326 e. The van der Waals surface area contributed by atoms with Crippen LogP contribution in [0.3, 0.4) is 0 Å². The van der Waals surface area contributed by atoms with Gasteiger partial charge in [-0.15, -0.1) is 0 Å². The zero-order valence-corrected chi connectivity index (χ0v) is 12.1. The lowest BCUT2D eigenvalue weighted by Gasteiger charge is -2.23. The average Bonchev–Trinajstić information content (AvgIpc) is 3.12. The standard InChI is InChI=1S/C16H24N2O/c1-16(2,3)13-6-4-5-7-14(13)18-15(19)10-11-17-12-8-9-12/h4-7,12,17H,8-11H2,1-3H3,(H,18,19). The Hall–Kier alpha value is -1.35. The van der Waals surface area contributed by atoms with Crippen molar-refractivity contribution in [2.45, 2.75) is 51.5 Å². The van der Waals surface area contributed by atoms with E-state index in [0.717, 1.165) is 12.2 Å². The summed E-state index contributed by atoms with van der Waals surface area (Å²) < 4.78 is 0. The third-order valence-corrected chi connectivity index (χ3v) is 3.37. The third-order valence-electron chi connectivity index (χ3n) is 3.37. The Morgan fingerprint density at radius 1 is 1.26 bits per heavy atom. The number of carbonyl (C=O) groups excluding carboxylic acids is 1. The maximum atomic E-state index is 11.9. The second-order valence-corrected chi connectivity index (χ2v) is 6.32. The molecule has 104 valence electrons. The normalized spacial score (nSPS) is 15.3. The van der Waals surface area contributed by atoms with Gasteiger partial charge in [-0.25, -0.2) is 0 Å². The summed E-state index contributed by atoms with van der Waals surface area (Å²) in [7, 11) is 0. The van der Waals surface area contributed by atoms with E-state index in [2.05, 4.69) is 37.5 Å². The largest absolute Gasteiger partial charge is 0.326 e. The average molecular weight is 260 g/mol. The molecule has 3 nitrogen and oxygen atoms in total. The summed E-state index contributed by atoms with van der Waals surface area (Å²) in [4.78, 5) is 11.9. The fraction of sp³-hybridized carbons (Fsp3) is 0.562. The minimum absolute atomic E-state index is 0.0378. The molecule has 3 heteroatoms. The van der Waals surface area contributed by atoms with Crippen molar-refractivity contribution in [3.05, 3.63) is 29.8 Å². The van der Waals surface area contributed by atoms with Gasteiger partial charge >= 0.3 is 0 Å². The molecule has 0 saturated heterocycles. The Morgan fingerprint density at radius 3 is 2.58 bits per heavy atom. The highest BCUT2D eigenvalue weighted by atomic mass is 16.1. The van der Waals surface area contributed by atoms with E-state index >= 15 is 0 Å². The van der Waals surface area contributed by atoms with Gasteiger partial charge in [-0.3, -0.25) is 4.79 Å². The molecule has 1 saturated carbocycles. The zero-order chi connectivity index (χ0) is 13.9. The smallest absolute Gasteiger partial charge is 0.225 e. The first-order chi connectivity index (χ1) is 8.97. The summed E-state index contributed by atoms with van der Waals surface area (Å²) in [6.45, 7) is 7.25. The second-order valence-electron chi connectivity index (χ2n) is 6.32. The quantitative estimate of drug-likeness (QED) is 0.854. The molecular weight excluding hydrogens is 236 g/mol. The van der Waals surface area contributed by atoms with Gasteiger partial charge in [0.1, 0.15) is 0 Å². The van der Waals surface area contributed by atoms with E-state index < -0.39 is 0 Å². The number of hydrogen-bond donors (Lipinski definition) is 2. The maximum Gasteiger partial charge on any atom is 0.225 e. The number of nitrogens with one attached hydrogen (secondary N) is 2. The lowest BCUT2D eigenvalue weighted by atomic mass is 9.86. The topological polar surface area (TPSA) is 41.1 Å². The van der Waals surface area contributed by atoms with Crippen molar-refractivity contribution in [2.24, 2.45) is 0 Å². The van der Waals surface area contributed by atoms with Gasteiger partial charge in [-0.2, -0.15) is 0 Å². The van der Waals surface area contributed by atoms with Crippen LogP contribution in [0.25, 0.3) is 0 Å².